The van der Waals surface area contributed by atoms with Crippen LogP contribution in [0.4, 0.5) is 5.69 Å². The molecule has 8 heteroatoms. The van der Waals surface area contributed by atoms with Gasteiger partial charge in [-0.1, -0.05) is 0 Å². The van der Waals surface area contributed by atoms with Gasteiger partial charge in [-0.25, -0.2) is 4.79 Å². The molecule has 0 saturated carbocycles. The molecule has 1 aromatic carbocycles. The van der Waals surface area contributed by atoms with Gasteiger partial charge in [0, 0.05) is 24.7 Å². The van der Waals surface area contributed by atoms with E-state index >= 15 is 0 Å². The van der Waals surface area contributed by atoms with Gasteiger partial charge in [-0.15, -0.1) is 0 Å². The number of nitro groups is 1. The molecule has 8 nitrogen and oxygen atoms in total. The van der Waals surface area contributed by atoms with Crippen molar-refractivity contribution in [2.45, 2.75) is 0 Å². The van der Waals surface area contributed by atoms with Crippen LogP contribution in [0, 0.1) is 10.1 Å². The monoisotopic (exact) mass is 263 g/mol. The summed E-state index contributed by atoms with van der Waals surface area (Å²) in [7, 11) is 1.49. The van der Waals surface area contributed by atoms with E-state index in [1.807, 2.05) is 0 Å². The van der Waals surface area contributed by atoms with Crippen LogP contribution in [0.15, 0.2) is 24.3 Å². The maximum Gasteiger partial charge on any atom is 0.356 e. The number of carbonyl (C=O) groups is 1. The minimum absolute atomic E-state index is 0.150. The summed E-state index contributed by atoms with van der Waals surface area (Å²) in [5.74, 6) is -1.41. The summed E-state index contributed by atoms with van der Waals surface area (Å²) < 4.78 is 1.24. The number of aromatic hydroxyl groups is 1. The Morgan fingerprint density at radius 3 is 2.63 bits per heavy atom. The third-order valence-corrected chi connectivity index (χ3v) is 2.57. The Morgan fingerprint density at radius 1 is 1.42 bits per heavy atom. The van der Waals surface area contributed by atoms with Crippen LogP contribution in [0.2, 0.25) is 0 Å². The number of hydrogen-bond acceptors (Lipinski definition) is 5. The van der Waals surface area contributed by atoms with Crippen LogP contribution in [-0.2, 0) is 7.05 Å². The van der Waals surface area contributed by atoms with E-state index in [2.05, 4.69) is 5.10 Å². The lowest BCUT2D eigenvalue weighted by Crippen LogP contribution is -1.99. The third kappa shape index (κ3) is 2.23. The number of nitro benzene ring substituents is 1. The third-order valence-electron chi connectivity index (χ3n) is 2.57. The number of nitrogens with zero attached hydrogens (tertiary/aromatic N) is 3. The quantitative estimate of drug-likeness (QED) is 0.638. The van der Waals surface area contributed by atoms with Gasteiger partial charge in [0.2, 0.25) is 0 Å². The zero-order valence-electron chi connectivity index (χ0n) is 9.77. The Hall–Kier alpha value is -2.90. The van der Waals surface area contributed by atoms with Gasteiger partial charge in [0.15, 0.2) is 5.69 Å². The van der Waals surface area contributed by atoms with E-state index in [4.69, 9.17) is 5.11 Å². The summed E-state index contributed by atoms with van der Waals surface area (Å²) >= 11 is 0. The van der Waals surface area contributed by atoms with Gasteiger partial charge in [0.05, 0.1) is 10.6 Å². The van der Waals surface area contributed by atoms with E-state index in [9.17, 15) is 20.0 Å². The number of phenolic OH excluding ortho intramolecular Hbond substituents is 1. The van der Waals surface area contributed by atoms with Crippen molar-refractivity contribution in [2.24, 2.45) is 7.05 Å². The average Bonchev–Trinajstić information content (AvgIpc) is 2.72. The minimum atomic E-state index is -1.22. The SMILES string of the molecule is Cn1nc(C(=O)O)cc1-c1cc([N+](=O)[O-])ccc1O. The number of benzene rings is 1. The summed E-state index contributed by atoms with van der Waals surface area (Å²) in [4.78, 5) is 20.9. The number of carboxylic acid groups (broad SMARTS) is 1. The van der Waals surface area contributed by atoms with Gasteiger partial charge in [-0.2, -0.15) is 5.10 Å². The van der Waals surface area contributed by atoms with Crippen LogP contribution in [0.25, 0.3) is 11.3 Å². The van der Waals surface area contributed by atoms with Gasteiger partial charge in [0.1, 0.15) is 5.75 Å². The Labute approximate surface area is 106 Å². The van der Waals surface area contributed by atoms with Gasteiger partial charge in [0.25, 0.3) is 5.69 Å². The predicted octanol–water partition coefficient (Wildman–Crippen LogP) is 1.40. The van der Waals surface area contributed by atoms with E-state index in [1.165, 1.54) is 23.9 Å². The number of rotatable bonds is 3. The first-order valence-electron chi connectivity index (χ1n) is 5.15. The number of aromatic nitrogens is 2. The fraction of sp³-hybridized carbons (Fsp3) is 0.0909. The van der Waals surface area contributed by atoms with Crippen LogP contribution in [-0.4, -0.2) is 30.9 Å². The molecule has 98 valence electrons. The molecule has 1 heterocycles. The van der Waals surface area contributed by atoms with E-state index in [0.717, 1.165) is 12.1 Å². The van der Waals surface area contributed by atoms with Crippen molar-refractivity contribution < 1.29 is 19.9 Å². The molecule has 1 aromatic heterocycles. The summed E-state index contributed by atoms with van der Waals surface area (Å²) in [5.41, 5.74) is 0.0181. The molecule has 19 heavy (non-hydrogen) atoms. The lowest BCUT2D eigenvalue weighted by molar-refractivity contribution is -0.384. The standard InChI is InChI=1S/C11H9N3O5/c1-13-9(5-8(12-13)11(16)17)7-4-6(14(18)19)2-3-10(7)15/h2-5,15H,1H3,(H,16,17). The molecule has 0 saturated heterocycles. The van der Waals surface area contributed by atoms with Crippen molar-refractivity contribution in [1.29, 1.82) is 0 Å². The van der Waals surface area contributed by atoms with Crippen molar-refractivity contribution >= 4 is 11.7 Å². The van der Waals surface area contributed by atoms with E-state index in [-0.39, 0.29) is 28.4 Å². The lowest BCUT2D eigenvalue weighted by Gasteiger charge is -2.04. The molecule has 0 bridgehead atoms. The molecule has 0 fully saturated rings. The van der Waals surface area contributed by atoms with Gasteiger partial charge in [-0.3, -0.25) is 14.8 Å². The molecule has 0 radical (unpaired) electrons. The summed E-state index contributed by atoms with van der Waals surface area (Å²) in [6, 6.07) is 4.74. The summed E-state index contributed by atoms with van der Waals surface area (Å²) in [6.07, 6.45) is 0. The molecule has 2 N–H and O–H groups in total. The molecular weight excluding hydrogens is 254 g/mol. The lowest BCUT2D eigenvalue weighted by atomic mass is 10.1. The Kier molecular flexibility index (Phi) is 2.91. The molecule has 0 aliphatic rings. The van der Waals surface area contributed by atoms with Crippen LogP contribution < -0.4 is 0 Å². The van der Waals surface area contributed by atoms with E-state index < -0.39 is 10.9 Å². The number of phenols is 1. The highest BCUT2D eigenvalue weighted by Gasteiger charge is 2.18. The zero-order chi connectivity index (χ0) is 14.2. The average molecular weight is 263 g/mol. The summed E-state index contributed by atoms with van der Waals surface area (Å²) in [6.45, 7) is 0. The molecular formula is C11H9N3O5. The van der Waals surface area contributed by atoms with E-state index in [1.54, 1.807) is 0 Å². The largest absolute Gasteiger partial charge is 0.507 e. The van der Waals surface area contributed by atoms with Crippen molar-refractivity contribution in [2.75, 3.05) is 0 Å². The van der Waals surface area contributed by atoms with Gasteiger partial charge in [-0.05, 0) is 12.1 Å². The first-order chi connectivity index (χ1) is 8.90. The molecule has 0 amide bonds. The predicted molar refractivity (Wildman–Crippen MR) is 63.9 cm³/mol. The van der Waals surface area contributed by atoms with Crippen molar-refractivity contribution in [3.05, 3.63) is 40.1 Å². The molecule has 2 aromatic rings. The van der Waals surface area contributed by atoms with Gasteiger partial charge >= 0.3 is 5.97 Å². The number of non-ortho nitro benzene ring substituents is 1. The first kappa shape index (κ1) is 12.6. The fourth-order valence-corrected chi connectivity index (χ4v) is 1.67. The first-order valence-corrected chi connectivity index (χ1v) is 5.15. The van der Waals surface area contributed by atoms with Crippen LogP contribution >= 0.6 is 0 Å². The second-order valence-electron chi connectivity index (χ2n) is 3.80. The van der Waals surface area contributed by atoms with E-state index in [0.29, 0.717) is 0 Å². The number of aryl methyl sites for hydroxylation is 1. The van der Waals surface area contributed by atoms with Crippen LogP contribution in [0.5, 0.6) is 5.75 Å². The van der Waals surface area contributed by atoms with Crippen molar-refractivity contribution in [3.63, 3.8) is 0 Å². The fourth-order valence-electron chi connectivity index (χ4n) is 1.67. The molecule has 0 unspecified atom stereocenters. The zero-order valence-corrected chi connectivity index (χ0v) is 9.77. The topological polar surface area (TPSA) is 118 Å². The van der Waals surface area contributed by atoms with Crippen molar-refractivity contribution in [3.8, 4) is 17.0 Å². The molecule has 0 aliphatic heterocycles. The van der Waals surface area contributed by atoms with Crippen LogP contribution in [0.1, 0.15) is 10.5 Å². The maximum absolute atomic E-state index is 10.8. The number of hydrogen-bond donors (Lipinski definition) is 2. The smallest absolute Gasteiger partial charge is 0.356 e. The second kappa shape index (κ2) is 4.41. The minimum Gasteiger partial charge on any atom is -0.507 e. The highest BCUT2D eigenvalue weighted by Crippen LogP contribution is 2.32. The van der Waals surface area contributed by atoms with Gasteiger partial charge < -0.3 is 10.2 Å². The maximum atomic E-state index is 10.8. The number of carboxylic acids is 1. The second-order valence-corrected chi connectivity index (χ2v) is 3.80. The molecule has 0 spiro atoms. The normalized spacial score (nSPS) is 10.4. The Bertz CT molecular complexity index is 677. The molecule has 0 atom stereocenters. The molecule has 2 rings (SSSR count). The highest BCUT2D eigenvalue weighted by molar-refractivity contribution is 5.87. The Morgan fingerprint density at radius 2 is 2.11 bits per heavy atom. The highest BCUT2D eigenvalue weighted by atomic mass is 16.6. The number of aromatic carboxylic acids is 1. The molecule has 0 aliphatic carbocycles. The van der Waals surface area contributed by atoms with Crippen molar-refractivity contribution in [1.82, 2.24) is 9.78 Å². The summed E-state index contributed by atoms with van der Waals surface area (Å²) in [5, 5.41) is 33.0. The van der Waals surface area contributed by atoms with Crippen LogP contribution in [0.3, 0.4) is 0 Å². The Balaban J connectivity index is 2.61.